The predicted octanol–water partition coefficient (Wildman–Crippen LogP) is 3.18. The lowest BCUT2D eigenvalue weighted by Gasteiger charge is -2.19. The van der Waals surface area contributed by atoms with Gasteiger partial charge in [0.15, 0.2) is 0 Å². The molecule has 0 aliphatic carbocycles. The molecule has 152 valence electrons. The first-order valence-corrected chi connectivity index (χ1v) is 11.6. The van der Waals surface area contributed by atoms with E-state index in [2.05, 4.69) is 15.0 Å². The number of hydrogen-bond acceptors (Lipinski definition) is 6. The van der Waals surface area contributed by atoms with Crippen LogP contribution >= 0.6 is 11.3 Å². The van der Waals surface area contributed by atoms with Crippen LogP contribution in [0.25, 0.3) is 10.6 Å². The molecule has 0 fully saturated rings. The van der Waals surface area contributed by atoms with Gasteiger partial charge >= 0.3 is 0 Å². The highest BCUT2D eigenvalue weighted by molar-refractivity contribution is 7.92. The molecule has 29 heavy (non-hydrogen) atoms. The summed E-state index contributed by atoms with van der Waals surface area (Å²) in [7, 11) is 0.137. The van der Waals surface area contributed by atoms with E-state index in [1.165, 1.54) is 6.07 Å². The van der Waals surface area contributed by atoms with E-state index in [1.54, 1.807) is 48.7 Å². The first kappa shape index (κ1) is 20.8. The summed E-state index contributed by atoms with van der Waals surface area (Å²) in [6, 6.07) is 12.8. The molecule has 0 saturated heterocycles. The van der Waals surface area contributed by atoms with Crippen molar-refractivity contribution in [2.45, 2.75) is 6.54 Å². The van der Waals surface area contributed by atoms with E-state index in [1.807, 2.05) is 29.6 Å². The molecule has 1 heterocycles. The molecule has 0 spiro atoms. The SMILES string of the molecule is CN(C)c1ccc(C(=O)NCc2cccc(-c3nccs3)c2)cc1NS(C)(=O)=O. The smallest absolute Gasteiger partial charge is 0.251 e. The molecule has 0 aliphatic rings. The molecule has 3 aromatic rings. The number of carbonyl (C=O) groups is 1. The van der Waals surface area contributed by atoms with Gasteiger partial charge in [-0.1, -0.05) is 18.2 Å². The Morgan fingerprint density at radius 3 is 2.62 bits per heavy atom. The zero-order chi connectivity index (χ0) is 21.0. The molecule has 0 aliphatic heterocycles. The van der Waals surface area contributed by atoms with Gasteiger partial charge in [0.1, 0.15) is 5.01 Å². The summed E-state index contributed by atoms with van der Waals surface area (Å²) in [4.78, 5) is 18.7. The summed E-state index contributed by atoms with van der Waals surface area (Å²) in [5, 5.41) is 5.72. The fourth-order valence-electron chi connectivity index (χ4n) is 2.81. The normalized spacial score (nSPS) is 11.1. The molecule has 0 unspecified atom stereocenters. The van der Waals surface area contributed by atoms with Crippen molar-refractivity contribution in [2.24, 2.45) is 0 Å². The minimum absolute atomic E-state index is 0.286. The Hall–Kier alpha value is -2.91. The van der Waals surface area contributed by atoms with Crippen LogP contribution in [0.4, 0.5) is 11.4 Å². The van der Waals surface area contributed by atoms with Crippen LogP contribution in [0.2, 0.25) is 0 Å². The number of aromatic nitrogens is 1. The fraction of sp³-hybridized carbons (Fsp3) is 0.200. The first-order chi connectivity index (χ1) is 13.7. The average Bonchev–Trinajstić information content (AvgIpc) is 3.19. The van der Waals surface area contributed by atoms with Crippen LogP contribution in [-0.4, -0.2) is 39.7 Å². The minimum Gasteiger partial charge on any atom is -0.376 e. The van der Waals surface area contributed by atoms with Gasteiger partial charge in [-0.25, -0.2) is 13.4 Å². The third kappa shape index (κ3) is 5.55. The van der Waals surface area contributed by atoms with Crippen LogP contribution in [0.3, 0.4) is 0 Å². The third-order valence-corrected chi connectivity index (χ3v) is 5.51. The van der Waals surface area contributed by atoms with Crippen LogP contribution in [0.5, 0.6) is 0 Å². The number of rotatable bonds is 7. The van der Waals surface area contributed by atoms with Gasteiger partial charge in [-0.05, 0) is 29.8 Å². The highest BCUT2D eigenvalue weighted by Crippen LogP contribution is 2.27. The molecule has 2 aromatic carbocycles. The summed E-state index contributed by atoms with van der Waals surface area (Å²) in [6.07, 6.45) is 2.84. The quantitative estimate of drug-likeness (QED) is 0.601. The highest BCUT2D eigenvalue weighted by Gasteiger charge is 2.14. The number of amides is 1. The van der Waals surface area contributed by atoms with Gasteiger partial charge in [0.2, 0.25) is 10.0 Å². The van der Waals surface area contributed by atoms with Gasteiger partial charge in [-0.3, -0.25) is 9.52 Å². The van der Waals surface area contributed by atoms with E-state index in [0.29, 0.717) is 23.5 Å². The largest absolute Gasteiger partial charge is 0.376 e. The van der Waals surface area contributed by atoms with Crippen LogP contribution in [-0.2, 0) is 16.6 Å². The van der Waals surface area contributed by atoms with Crippen molar-refractivity contribution in [1.82, 2.24) is 10.3 Å². The number of anilines is 2. The number of nitrogens with one attached hydrogen (secondary N) is 2. The maximum absolute atomic E-state index is 12.6. The number of hydrogen-bond donors (Lipinski definition) is 2. The lowest BCUT2D eigenvalue weighted by atomic mass is 10.1. The number of nitrogens with zero attached hydrogens (tertiary/aromatic N) is 2. The lowest BCUT2D eigenvalue weighted by Crippen LogP contribution is -2.23. The molecule has 0 bridgehead atoms. The van der Waals surface area contributed by atoms with E-state index in [9.17, 15) is 13.2 Å². The van der Waals surface area contributed by atoms with Gasteiger partial charge in [0, 0.05) is 43.3 Å². The van der Waals surface area contributed by atoms with Crippen molar-refractivity contribution in [3.05, 3.63) is 65.2 Å². The second-order valence-corrected chi connectivity index (χ2v) is 9.36. The molecular formula is C20H22N4O3S2. The zero-order valence-corrected chi connectivity index (χ0v) is 18.0. The molecule has 2 N–H and O–H groups in total. The Labute approximate surface area is 174 Å². The third-order valence-electron chi connectivity index (χ3n) is 4.10. The number of carbonyl (C=O) groups excluding carboxylic acids is 1. The van der Waals surface area contributed by atoms with Gasteiger partial charge in [-0.15, -0.1) is 11.3 Å². The van der Waals surface area contributed by atoms with Crippen molar-refractivity contribution < 1.29 is 13.2 Å². The maximum Gasteiger partial charge on any atom is 0.251 e. The molecule has 0 radical (unpaired) electrons. The maximum atomic E-state index is 12.6. The first-order valence-electron chi connectivity index (χ1n) is 8.79. The molecule has 9 heteroatoms. The summed E-state index contributed by atoms with van der Waals surface area (Å²) in [5.41, 5.74) is 3.35. The molecule has 7 nitrogen and oxygen atoms in total. The van der Waals surface area contributed by atoms with Crippen molar-refractivity contribution >= 4 is 38.6 Å². The number of sulfonamides is 1. The van der Waals surface area contributed by atoms with Crippen LogP contribution in [0.1, 0.15) is 15.9 Å². The Kier molecular flexibility index (Phi) is 6.19. The van der Waals surface area contributed by atoms with E-state index in [0.717, 1.165) is 22.4 Å². The molecule has 0 atom stereocenters. The Morgan fingerprint density at radius 1 is 1.17 bits per heavy atom. The van der Waals surface area contributed by atoms with E-state index in [-0.39, 0.29) is 5.91 Å². The second kappa shape index (κ2) is 8.62. The minimum atomic E-state index is -3.47. The lowest BCUT2D eigenvalue weighted by molar-refractivity contribution is 0.0951. The van der Waals surface area contributed by atoms with E-state index in [4.69, 9.17) is 0 Å². The average molecular weight is 431 g/mol. The van der Waals surface area contributed by atoms with Crippen LogP contribution in [0.15, 0.2) is 54.0 Å². The second-order valence-electron chi connectivity index (χ2n) is 6.72. The number of benzene rings is 2. The van der Waals surface area contributed by atoms with Crippen molar-refractivity contribution in [3.8, 4) is 10.6 Å². The summed E-state index contributed by atoms with van der Waals surface area (Å²) >= 11 is 1.56. The van der Waals surface area contributed by atoms with Crippen molar-refractivity contribution in [3.63, 3.8) is 0 Å². The number of thiazole rings is 1. The predicted molar refractivity (Wildman–Crippen MR) is 118 cm³/mol. The molecule has 3 rings (SSSR count). The molecular weight excluding hydrogens is 408 g/mol. The molecule has 1 aromatic heterocycles. The van der Waals surface area contributed by atoms with E-state index < -0.39 is 10.0 Å². The summed E-state index contributed by atoms with van der Waals surface area (Å²) in [6.45, 7) is 0.350. The topological polar surface area (TPSA) is 91.4 Å². The molecule has 0 saturated carbocycles. The van der Waals surface area contributed by atoms with Crippen LogP contribution in [0, 0.1) is 0 Å². The van der Waals surface area contributed by atoms with Gasteiger partial charge in [0.25, 0.3) is 5.91 Å². The monoisotopic (exact) mass is 430 g/mol. The van der Waals surface area contributed by atoms with Gasteiger partial charge in [-0.2, -0.15) is 0 Å². The molecule has 1 amide bonds. The Balaban J connectivity index is 1.76. The van der Waals surface area contributed by atoms with Gasteiger partial charge < -0.3 is 10.2 Å². The van der Waals surface area contributed by atoms with Gasteiger partial charge in [0.05, 0.1) is 17.6 Å². The van der Waals surface area contributed by atoms with Crippen LogP contribution < -0.4 is 14.9 Å². The highest BCUT2D eigenvalue weighted by atomic mass is 32.2. The summed E-state index contributed by atoms with van der Waals surface area (Å²) < 4.78 is 25.8. The fourth-order valence-corrected chi connectivity index (χ4v) is 4.01. The summed E-state index contributed by atoms with van der Waals surface area (Å²) in [5.74, 6) is -0.286. The van der Waals surface area contributed by atoms with E-state index >= 15 is 0 Å². The Morgan fingerprint density at radius 2 is 1.97 bits per heavy atom. The zero-order valence-electron chi connectivity index (χ0n) is 16.3. The standard InChI is InChI=1S/C20H22N4O3S2/c1-24(2)18-8-7-15(12-17(18)23-29(3,26)27)19(25)22-13-14-5-4-6-16(11-14)20-21-9-10-28-20/h4-12,23H,13H2,1-3H3,(H,22,25). The van der Waals surface area contributed by atoms with Crippen molar-refractivity contribution in [2.75, 3.05) is 30.0 Å². The van der Waals surface area contributed by atoms with Crippen molar-refractivity contribution in [1.29, 1.82) is 0 Å². The Bertz CT molecular complexity index is 1110.